The van der Waals surface area contributed by atoms with Gasteiger partial charge < -0.3 is 15.5 Å². The highest BCUT2D eigenvalue weighted by Crippen LogP contribution is 2.36. The number of aromatic nitrogens is 2. The van der Waals surface area contributed by atoms with Crippen LogP contribution in [0.2, 0.25) is 0 Å². The summed E-state index contributed by atoms with van der Waals surface area (Å²) in [4.78, 5) is 23.2. The van der Waals surface area contributed by atoms with Crippen LogP contribution < -0.4 is 15.5 Å². The summed E-state index contributed by atoms with van der Waals surface area (Å²) in [6, 6.07) is 2.38. The van der Waals surface area contributed by atoms with Crippen LogP contribution in [0.15, 0.2) is 24.3 Å². The van der Waals surface area contributed by atoms with Crippen LogP contribution in [0.4, 0.5) is 38.1 Å². The summed E-state index contributed by atoms with van der Waals surface area (Å²) in [5.41, 5.74) is -2.92. The quantitative estimate of drug-likeness (QED) is 0.576. The lowest BCUT2D eigenvalue weighted by Gasteiger charge is -2.30. The molecule has 1 aromatic carbocycles. The number of alkyl halides is 6. The highest BCUT2D eigenvalue weighted by Gasteiger charge is 2.37. The molecule has 3 rings (SSSR count). The molecule has 2 N–H and O–H groups in total. The predicted octanol–water partition coefficient (Wildman–Crippen LogP) is 5.04. The maximum atomic E-state index is 13.1. The molecule has 0 spiro atoms. The Hall–Kier alpha value is -3.05. The number of rotatable bonds is 5. The summed E-state index contributed by atoms with van der Waals surface area (Å²) >= 11 is 0. The second-order valence-corrected chi connectivity index (χ2v) is 8.55. The SMILES string of the molecule is Cc1cc(N(C)C)nc(N[C@H]2CC[C@@H](NC(=O)c3cc(C(F)(F)F)cc(C(F)(F)F)c3)CC2)n1. The Morgan fingerprint density at radius 1 is 0.882 bits per heavy atom. The number of nitrogens with one attached hydrogen (secondary N) is 2. The molecule has 12 heteroatoms. The van der Waals surface area contributed by atoms with Gasteiger partial charge in [-0.3, -0.25) is 4.79 Å². The molecule has 0 radical (unpaired) electrons. The van der Waals surface area contributed by atoms with Crippen molar-refractivity contribution in [1.82, 2.24) is 15.3 Å². The van der Waals surface area contributed by atoms with Gasteiger partial charge >= 0.3 is 12.4 Å². The Bertz CT molecular complexity index is 997. The largest absolute Gasteiger partial charge is 0.416 e. The van der Waals surface area contributed by atoms with E-state index in [-0.39, 0.29) is 18.2 Å². The summed E-state index contributed by atoms with van der Waals surface area (Å²) in [6.07, 6.45) is -7.78. The van der Waals surface area contributed by atoms with Crippen molar-refractivity contribution < 1.29 is 31.1 Å². The van der Waals surface area contributed by atoms with Gasteiger partial charge in [0, 0.05) is 43.5 Å². The van der Waals surface area contributed by atoms with Crippen molar-refractivity contribution in [2.75, 3.05) is 24.3 Å². The van der Waals surface area contributed by atoms with E-state index in [1.54, 1.807) is 0 Å². The fraction of sp³-hybridized carbons (Fsp3) is 0.500. The zero-order chi connectivity index (χ0) is 25.3. The van der Waals surface area contributed by atoms with Crippen LogP contribution in [-0.4, -0.2) is 42.1 Å². The summed E-state index contributed by atoms with van der Waals surface area (Å²) in [7, 11) is 3.73. The number of nitrogens with zero attached hydrogens (tertiary/aromatic N) is 3. The van der Waals surface area contributed by atoms with Gasteiger partial charge in [-0.2, -0.15) is 31.3 Å². The molecule has 0 unspecified atom stereocenters. The fourth-order valence-corrected chi connectivity index (χ4v) is 3.76. The van der Waals surface area contributed by atoms with Crippen LogP contribution >= 0.6 is 0 Å². The monoisotopic (exact) mass is 489 g/mol. The maximum absolute atomic E-state index is 13.1. The summed E-state index contributed by atoms with van der Waals surface area (Å²) < 4.78 is 78.3. The van der Waals surface area contributed by atoms with Gasteiger partial charge in [0.15, 0.2) is 0 Å². The minimum absolute atomic E-state index is 0.00271. The highest BCUT2D eigenvalue weighted by atomic mass is 19.4. The molecule has 1 aliphatic rings. The normalized spacial score (nSPS) is 19.0. The van der Waals surface area contributed by atoms with Gasteiger partial charge in [-0.1, -0.05) is 0 Å². The van der Waals surface area contributed by atoms with E-state index >= 15 is 0 Å². The molecule has 1 amide bonds. The van der Waals surface area contributed by atoms with E-state index in [1.807, 2.05) is 32.0 Å². The third-order valence-corrected chi connectivity index (χ3v) is 5.54. The molecular formula is C22H25F6N5O. The first-order valence-corrected chi connectivity index (χ1v) is 10.6. The van der Waals surface area contributed by atoms with Gasteiger partial charge in [0.05, 0.1) is 11.1 Å². The molecule has 0 atom stereocenters. The van der Waals surface area contributed by atoms with Crippen molar-refractivity contribution in [2.24, 2.45) is 0 Å². The van der Waals surface area contributed by atoms with E-state index in [4.69, 9.17) is 0 Å². The van der Waals surface area contributed by atoms with Crippen molar-refractivity contribution >= 4 is 17.7 Å². The maximum Gasteiger partial charge on any atom is 0.416 e. The first-order valence-electron chi connectivity index (χ1n) is 10.6. The zero-order valence-corrected chi connectivity index (χ0v) is 18.8. The summed E-state index contributed by atoms with van der Waals surface area (Å²) in [6.45, 7) is 1.85. The lowest BCUT2D eigenvalue weighted by atomic mass is 9.91. The summed E-state index contributed by atoms with van der Waals surface area (Å²) in [5, 5.41) is 5.83. The van der Waals surface area contributed by atoms with Crippen molar-refractivity contribution in [3.63, 3.8) is 0 Å². The molecule has 1 aromatic heterocycles. The first kappa shape index (κ1) is 25.6. The molecule has 1 fully saturated rings. The second-order valence-electron chi connectivity index (χ2n) is 8.55. The number of hydrogen-bond donors (Lipinski definition) is 2. The van der Waals surface area contributed by atoms with Crippen molar-refractivity contribution in [1.29, 1.82) is 0 Å². The van der Waals surface area contributed by atoms with Crippen molar-refractivity contribution in [2.45, 2.75) is 57.0 Å². The standard InChI is InChI=1S/C22H25F6N5O/c1-12-8-18(33(2)3)32-20(29-12)31-17-6-4-16(5-7-17)30-19(34)13-9-14(21(23,24)25)11-15(10-13)22(26,27)28/h8-11,16-17H,4-7H2,1-3H3,(H,30,34)(H,29,31,32)/t16-,17+. The molecular weight excluding hydrogens is 464 g/mol. The molecule has 34 heavy (non-hydrogen) atoms. The molecule has 186 valence electrons. The lowest BCUT2D eigenvalue weighted by molar-refractivity contribution is -0.143. The number of carbonyl (C=O) groups is 1. The van der Waals surface area contributed by atoms with Crippen LogP contribution in [0, 0.1) is 6.92 Å². The van der Waals surface area contributed by atoms with E-state index in [2.05, 4.69) is 20.6 Å². The third-order valence-electron chi connectivity index (χ3n) is 5.54. The molecule has 6 nitrogen and oxygen atoms in total. The molecule has 1 heterocycles. The minimum Gasteiger partial charge on any atom is -0.363 e. The Morgan fingerprint density at radius 2 is 1.41 bits per heavy atom. The average molecular weight is 489 g/mol. The smallest absolute Gasteiger partial charge is 0.363 e. The van der Waals surface area contributed by atoms with E-state index in [9.17, 15) is 31.1 Å². The lowest BCUT2D eigenvalue weighted by Crippen LogP contribution is -2.40. The van der Waals surface area contributed by atoms with Crippen LogP contribution in [0.5, 0.6) is 0 Å². The third kappa shape index (κ3) is 6.51. The predicted molar refractivity (Wildman–Crippen MR) is 115 cm³/mol. The molecule has 0 bridgehead atoms. The van der Waals surface area contributed by atoms with Gasteiger partial charge in [-0.25, -0.2) is 4.98 Å². The minimum atomic E-state index is -5.01. The number of carbonyl (C=O) groups excluding carboxylic acids is 1. The second kappa shape index (κ2) is 9.67. The van der Waals surface area contributed by atoms with E-state index in [0.717, 1.165) is 11.5 Å². The van der Waals surface area contributed by atoms with E-state index in [0.29, 0.717) is 43.8 Å². The van der Waals surface area contributed by atoms with Gasteiger partial charge in [0.1, 0.15) is 5.82 Å². The van der Waals surface area contributed by atoms with Gasteiger partial charge in [0.25, 0.3) is 5.91 Å². The number of benzene rings is 1. The van der Waals surface area contributed by atoms with Gasteiger partial charge in [-0.15, -0.1) is 0 Å². The van der Waals surface area contributed by atoms with Crippen LogP contribution in [0.25, 0.3) is 0 Å². The van der Waals surface area contributed by atoms with E-state index in [1.165, 1.54) is 0 Å². The number of amides is 1. The molecule has 1 aliphatic carbocycles. The average Bonchev–Trinajstić information content (AvgIpc) is 2.73. The Kier molecular flexibility index (Phi) is 7.27. The number of anilines is 2. The number of halogens is 6. The topological polar surface area (TPSA) is 70.2 Å². The van der Waals surface area contributed by atoms with Crippen molar-refractivity contribution in [3.8, 4) is 0 Å². The number of aryl methyl sites for hydroxylation is 1. The Balaban J connectivity index is 1.64. The van der Waals surface area contributed by atoms with Crippen LogP contribution in [0.1, 0.15) is 52.9 Å². The van der Waals surface area contributed by atoms with Crippen LogP contribution in [-0.2, 0) is 12.4 Å². The van der Waals surface area contributed by atoms with Gasteiger partial charge in [0.2, 0.25) is 5.95 Å². The molecule has 0 saturated heterocycles. The van der Waals surface area contributed by atoms with Gasteiger partial charge in [-0.05, 0) is 50.8 Å². The zero-order valence-electron chi connectivity index (χ0n) is 18.8. The van der Waals surface area contributed by atoms with Crippen molar-refractivity contribution in [3.05, 3.63) is 46.6 Å². The molecule has 1 saturated carbocycles. The fourth-order valence-electron chi connectivity index (χ4n) is 3.76. The van der Waals surface area contributed by atoms with Crippen LogP contribution in [0.3, 0.4) is 0 Å². The van der Waals surface area contributed by atoms with E-state index < -0.39 is 35.0 Å². The Morgan fingerprint density at radius 3 is 1.91 bits per heavy atom. The first-order chi connectivity index (χ1) is 15.7. The summed E-state index contributed by atoms with van der Waals surface area (Å²) in [5.74, 6) is 0.251. The Labute approximate surface area is 192 Å². The highest BCUT2D eigenvalue weighted by molar-refractivity contribution is 5.94. The molecule has 2 aromatic rings. The number of hydrogen-bond acceptors (Lipinski definition) is 5. The molecule has 0 aliphatic heterocycles.